The highest BCUT2D eigenvalue weighted by Gasteiger charge is 2.66. The highest BCUT2D eigenvalue weighted by molar-refractivity contribution is 6.71. The standard InChI is InChI=1S/C36H40ClN5O5Si/c1-23-34(48(2,3)46)32(15-17-40-21-30(38-39-40)28(22-43)25-7-5-4-6-8-25)47-36(23)29-19-26(37)11-14-31(29)42(35(36)45)20-24-9-12-27(13-10-24)41-18-16-33(41)44/h4-14,19,21,23,28,32,34,43,46H,15-18,20,22H2,1-3H3/t23-,28?,32+,34-,36+/m0/s1. The molecule has 250 valence electrons. The van der Waals surface area contributed by atoms with Crippen LogP contribution in [0.15, 0.2) is 79.0 Å². The van der Waals surface area contributed by atoms with Crippen LogP contribution < -0.4 is 9.80 Å². The van der Waals surface area contributed by atoms with Gasteiger partial charge in [-0.05, 0) is 61.0 Å². The van der Waals surface area contributed by atoms with Crippen molar-refractivity contribution in [3.8, 4) is 0 Å². The summed E-state index contributed by atoms with van der Waals surface area (Å²) in [5, 5.41) is 19.4. The monoisotopic (exact) mass is 685 g/mol. The Morgan fingerprint density at radius 1 is 1.08 bits per heavy atom. The van der Waals surface area contributed by atoms with E-state index in [0.29, 0.717) is 36.6 Å². The zero-order valence-corrected chi connectivity index (χ0v) is 29.0. The summed E-state index contributed by atoms with van der Waals surface area (Å²) in [5.41, 5.74) is 3.31. The van der Waals surface area contributed by atoms with Crippen LogP contribution in [0.25, 0.3) is 0 Å². The number of ether oxygens (including phenoxy) is 1. The average Bonchev–Trinajstić information content (AvgIpc) is 3.71. The Labute approximate surface area is 286 Å². The molecule has 3 aromatic carbocycles. The molecule has 0 radical (unpaired) electrons. The number of hydrogen-bond donors (Lipinski definition) is 2. The third kappa shape index (κ3) is 5.57. The van der Waals surface area contributed by atoms with Crippen LogP contribution in [0.5, 0.6) is 0 Å². The minimum atomic E-state index is -2.87. The van der Waals surface area contributed by atoms with E-state index < -0.39 is 20.0 Å². The predicted octanol–water partition coefficient (Wildman–Crippen LogP) is 5.23. The number of rotatable bonds is 10. The molecular weight excluding hydrogens is 646 g/mol. The molecule has 48 heavy (non-hydrogen) atoms. The van der Waals surface area contributed by atoms with Crippen LogP contribution in [0.2, 0.25) is 23.7 Å². The Bertz CT molecular complexity index is 1830. The van der Waals surface area contributed by atoms with Crippen molar-refractivity contribution < 1.29 is 24.2 Å². The number of fused-ring (bicyclic) bond motifs is 2. The number of aliphatic hydroxyl groups excluding tert-OH is 1. The smallest absolute Gasteiger partial charge is 0.264 e. The Morgan fingerprint density at radius 2 is 1.83 bits per heavy atom. The molecule has 5 atom stereocenters. The van der Waals surface area contributed by atoms with Gasteiger partial charge in [-0.25, -0.2) is 0 Å². The van der Waals surface area contributed by atoms with Gasteiger partial charge in [0.2, 0.25) is 5.91 Å². The first-order valence-corrected chi connectivity index (χ1v) is 19.9. The van der Waals surface area contributed by atoms with E-state index in [1.807, 2.05) is 92.9 Å². The maximum Gasteiger partial charge on any atom is 0.264 e. The second-order valence-electron chi connectivity index (χ2n) is 13.7. The summed E-state index contributed by atoms with van der Waals surface area (Å²) >= 11 is 6.56. The fourth-order valence-corrected chi connectivity index (χ4v) is 10.7. The first-order chi connectivity index (χ1) is 23.0. The summed E-state index contributed by atoms with van der Waals surface area (Å²) in [7, 11) is -2.87. The second-order valence-corrected chi connectivity index (χ2v) is 18.1. The maximum atomic E-state index is 14.7. The molecule has 1 unspecified atom stereocenters. The lowest BCUT2D eigenvalue weighted by Crippen LogP contribution is -2.46. The van der Waals surface area contributed by atoms with Crippen molar-refractivity contribution in [3.63, 3.8) is 0 Å². The fourth-order valence-electron chi connectivity index (χ4n) is 7.93. The number of amides is 2. The van der Waals surface area contributed by atoms with E-state index in [4.69, 9.17) is 16.3 Å². The van der Waals surface area contributed by atoms with Gasteiger partial charge in [0.1, 0.15) is 0 Å². The molecule has 7 rings (SSSR count). The summed E-state index contributed by atoms with van der Waals surface area (Å²) in [4.78, 5) is 41.8. The van der Waals surface area contributed by atoms with Gasteiger partial charge >= 0.3 is 0 Å². The third-order valence-corrected chi connectivity index (χ3v) is 13.1. The Hall–Kier alpha value is -3.87. The summed E-state index contributed by atoms with van der Waals surface area (Å²) in [6.45, 7) is 7.23. The number of β-lactam (4-membered cyclic amide) rings is 1. The van der Waals surface area contributed by atoms with Crippen molar-refractivity contribution in [2.75, 3.05) is 23.0 Å². The van der Waals surface area contributed by atoms with Gasteiger partial charge in [-0.3, -0.25) is 14.3 Å². The Morgan fingerprint density at radius 3 is 2.48 bits per heavy atom. The normalized spacial score (nSPS) is 24.3. The molecule has 3 aliphatic heterocycles. The SMILES string of the molecule is C[C@H]1[C@H]([Si](C)(C)O)[C@@H](CCn2cc(C(CO)c3ccccc3)nn2)O[C@]12C(=O)N(Cc1ccc(N3CCC3=O)cc1)c1ccc(Cl)cc12. The van der Waals surface area contributed by atoms with E-state index in [0.717, 1.165) is 34.6 Å². The van der Waals surface area contributed by atoms with E-state index >= 15 is 0 Å². The summed E-state index contributed by atoms with van der Waals surface area (Å²) in [6.07, 6.45) is 2.49. The number of anilines is 2. The molecule has 2 saturated heterocycles. The minimum Gasteiger partial charge on any atom is -0.432 e. The number of aryl methyl sites for hydroxylation is 1. The number of carbonyl (C=O) groups is 2. The van der Waals surface area contributed by atoms with Crippen LogP contribution in [0.3, 0.4) is 0 Å². The molecule has 10 nitrogen and oxygen atoms in total. The molecule has 2 N–H and O–H groups in total. The molecule has 4 aromatic rings. The predicted molar refractivity (Wildman–Crippen MR) is 185 cm³/mol. The number of aliphatic hydroxyl groups is 1. The molecule has 0 saturated carbocycles. The average molecular weight is 686 g/mol. The van der Waals surface area contributed by atoms with Crippen LogP contribution in [0, 0.1) is 5.92 Å². The first kappa shape index (κ1) is 32.7. The van der Waals surface area contributed by atoms with Crippen LogP contribution in [0.1, 0.15) is 48.1 Å². The highest BCUT2D eigenvalue weighted by Crippen LogP contribution is 2.60. The van der Waals surface area contributed by atoms with Crippen molar-refractivity contribution in [2.45, 2.75) is 69.1 Å². The molecule has 0 bridgehead atoms. The van der Waals surface area contributed by atoms with Gasteiger partial charge in [0.05, 0.1) is 36.6 Å². The Kier molecular flexibility index (Phi) is 8.53. The highest BCUT2D eigenvalue weighted by atomic mass is 35.5. The maximum absolute atomic E-state index is 14.7. The van der Waals surface area contributed by atoms with Crippen molar-refractivity contribution in [3.05, 3.63) is 106 Å². The zero-order valence-electron chi connectivity index (χ0n) is 27.3. The van der Waals surface area contributed by atoms with Gasteiger partial charge in [-0.2, -0.15) is 0 Å². The van der Waals surface area contributed by atoms with Gasteiger partial charge < -0.3 is 24.4 Å². The number of halogens is 1. The van der Waals surface area contributed by atoms with E-state index in [1.165, 1.54) is 0 Å². The van der Waals surface area contributed by atoms with Crippen molar-refractivity contribution in [1.82, 2.24) is 15.0 Å². The summed E-state index contributed by atoms with van der Waals surface area (Å²) < 4.78 is 8.70. The first-order valence-electron chi connectivity index (χ1n) is 16.5. The number of nitrogens with zero attached hydrogens (tertiary/aromatic N) is 5. The van der Waals surface area contributed by atoms with E-state index in [2.05, 4.69) is 10.3 Å². The summed E-state index contributed by atoms with van der Waals surface area (Å²) in [6, 6.07) is 23.0. The lowest BCUT2D eigenvalue weighted by molar-refractivity contribution is -0.146. The van der Waals surface area contributed by atoms with Crippen molar-refractivity contribution in [2.24, 2.45) is 5.92 Å². The van der Waals surface area contributed by atoms with Crippen LogP contribution in [0.4, 0.5) is 11.4 Å². The van der Waals surface area contributed by atoms with Gasteiger partial charge in [0.25, 0.3) is 5.91 Å². The van der Waals surface area contributed by atoms with Gasteiger partial charge in [0.15, 0.2) is 13.9 Å². The molecule has 1 aromatic heterocycles. The quantitative estimate of drug-likeness (QED) is 0.173. The molecule has 4 heterocycles. The minimum absolute atomic E-state index is 0.0936. The zero-order chi connectivity index (χ0) is 33.8. The van der Waals surface area contributed by atoms with E-state index in [-0.39, 0.29) is 35.8 Å². The van der Waals surface area contributed by atoms with Crippen molar-refractivity contribution >= 4 is 43.1 Å². The molecule has 2 amide bonds. The topological polar surface area (TPSA) is 121 Å². The van der Waals surface area contributed by atoms with Gasteiger partial charge in [0, 0.05) is 53.4 Å². The van der Waals surface area contributed by atoms with Crippen LogP contribution >= 0.6 is 11.6 Å². The molecule has 3 aliphatic rings. The third-order valence-electron chi connectivity index (χ3n) is 10.3. The lowest BCUT2D eigenvalue weighted by Gasteiger charge is -2.32. The molecular formula is C36H40ClN5O5Si. The van der Waals surface area contributed by atoms with E-state index in [9.17, 15) is 19.5 Å². The fraction of sp³-hybridized carbons (Fsp3) is 0.389. The van der Waals surface area contributed by atoms with Gasteiger partial charge in [-0.1, -0.05) is 66.2 Å². The number of aromatic nitrogens is 3. The molecule has 2 fully saturated rings. The van der Waals surface area contributed by atoms with Crippen LogP contribution in [-0.4, -0.2) is 64.3 Å². The van der Waals surface area contributed by atoms with Crippen molar-refractivity contribution in [1.29, 1.82) is 0 Å². The number of benzene rings is 3. The number of carbonyl (C=O) groups excluding carboxylic acids is 2. The molecule has 12 heteroatoms. The number of hydrogen-bond acceptors (Lipinski definition) is 7. The second kappa shape index (κ2) is 12.5. The largest absolute Gasteiger partial charge is 0.432 e. The van der Waals surface area contributed by atoms with Gasteiger partial charge in [-0.15, -0.1) is 5.10 Å². The van der Waals surface area contributed by atoms with E-state index in [1.54, 1.807) is 20.5 Å². The Balaban J connectivity index is 1.16. The summed E-state index contributed by atoms with van der Waals surface area (Å²) in [5.74, 6) is -0.674. The van der Waals surface area contributed by atoms with Crippen LogP contribution in [-0.2, 0) is 33.0 Å². The lowest BCUT2D eigenvalue weighted by atomic mass is 9.82. The molecule has 1 spiro atoms. The molecule has 0 aliphatic carbocycles.